The van der Waals surface area contributed by atoms with Crippen LogP contribution in [0.5, 0.6) is 0 Å². The topological polar surface area (TPSA) is 64.3 Å². The van der Waals surface area contributed by atoms with Crippen LogP contribution in [0.4, 0.5) is 5.95 Å². The lowest BCUT2D eigenvalue weighted by molar-refractivity contribution is 0.153. The molecule has 6 heteroatoms. The Morgan fingerprint density at radius 1 is 1.53 bits per heavy atom. The molecule has 0 saturated heterocycles. The lowest BCUT2D eigenvalue weighted by atomic mass is 10.4. The van der Waals surface area contributed by atoms with E-state index in [0.717, 1.165) is 13.1 Å². The second-order valence-electron chi connectivity index (χ2n) is 3.38. The monoisotopic (exact) mass is 254 g/mol. The molecule has 0 bridgehead atoms. The molecule has 5 nitrogen and oxygen atoms in total. The van der Waals surface area contributed by atoms with Crippen molar-refractivity contribution < 1.29 is 4.74 Å². The number of hydrogen-bond donors (Lipinski definition) is 1. The van der Waals surface area contributed by atoms with Gasteiger partial charge in [0.1, 0.15) is 10.7 Å². The SMILES string of the molecule is CCOCCN(CC)c1nccc(C(N)=S)n1. The summed E-state index contributed by atoms with van der Waals surface area (Å²) in [6.45, 7) is 6.96. The van der Waals surface area contributed by atoms with Crippen LogP contribution in [-0.2, 0) is 4.74 Å². The van der Waals surface area contributed by atoms with Gasteiger partial charge in [-0.1, -0.05) is 12.2 Å². The molecule has 0 spiro atoms. The highest BCUT2D eigenvalue weighted by atomic mass is 32.1. The van der Waals surface area contributed by atoms with Gasteiger partial charge in [0.25, 0.3) is 0 Å². The third-order valence-corrected chi connectivity index (χ3v) is 2.48. The van der Waals surface area contributed by atoms with Gasteiger partial charge in [0.05, 0.1) is 6.61 Å². The Labute approximate surface area is 107 Å². The number of rotatable bonds is 7. The number of likely N-dealkylation sites (N-methyl/N-ethyl adjacent to an activating group) is 1. The Hall–Kier alpha value is -1.27. The van der Waals surface area contributed by atoms with Gasteiger partial charge in [-0.2, -0.15) is 0 Å². The minimum absolute atomic E-state index is 0.287. The van der Waals surface area contributed by atoms with Crippen LogP contribution in [0.2, 0.25) is 0 Å². The molecular weight excluding hydrogens is 236 g/mol. The molecule has 0 aliphatic heterocycles. The normalized spacial score (nSPS) is 10.2. The van der Waals surface area contributed by atoms with Crippen molar-refractivity contribution >= 4 is 23.2 Å². The maximum absolute atomic E-state index is 5.54. The Balaban J connectivity index is 2.73. The maximum atomic E-state index is 5.54. The molecular formula is C11H18N4OS. The van der Waals surface area contributed by atoms with Crippen LogP contribution in [0.15, 0.2) is 12.3 Å². The van der Waals surface area contributed by atoms with Crippen LogP contribution in [0.3, 0.4) is 0 Å². The summed E-state index contributed by atoms with van der Waals surface area (Å²) >= 11 is 4.89. The van der Waals surface area contributed by atoms with Crippen LogP contribution in [0, 0.1) is 0 Å². The van der Waals surface area contributed by atoms with Crippen molar-refractivity contribution in [3.05, 3.63) is 18.0 Å². The summed E-state index contributed by atoms with van der Waals surface area (Å²) in [7, 11) is 0. The lowest BCUT2D eigenvalue weighted by Gasteiger charge is -2.20. The summed E-state index contributed by atoms with van der Waals surface area (Å²) in [4.78, 5) is 10.8. The quantitative estimate of drug-likeness (QED) is 0.578. The molecule has 0 saturated carbocycles. The maximum Gasteiger partial charge on any atom is 0.226 e. The minimum Gasteiger partial charge on any atom is -0.388 e. The Morgan fingerprint density at radius 3 is 2.88 bits per heavy atom. The van der Waals surface area contributed by atoms with E-state index in [1.807, 2.05) is 18.7 Å². The average Bonchev–Trinajstić information content (AvgIpc) is 2.35. The van der Waals surface area contributed by atoms with Crippen LogP contribution in [0.25, 0.3) is 0 Å². The molecule has 0 unspecified atom stereocenters. The van der Waals surface area contributed by atoms with Gasteiger partial charge in [-0.25, -0.2) is 9.97 Å². The molecule has 0 aliphatic rings. The van der Waals surface area contributed by atoms with E-state index in [1.165, 1.54) is 0 Å². The number of aromatic nitrogens is 2. The fraction of sp³-hybridized carbons (Fsp3) is 0.545. The molecule has 1 heterocycles. The smallest absolute Gasteiger partial charge is 0.226 e. The molecule has 1 aromatic rings. The Kier molecular flexibility index (Phi) is 5.79. The summed E-state index contributed by atoms with van der Waals surface area (Å²) in [5.74, 6) is 0.637. The van der Waals surface area contributed by atoms with Gasteiger partial charge in [-0.05, 0) is 19.9 Å². The van der Waals surface area contributed by atoms with Gasteiger partial charge >= 0.3 is 0 Å². The molecule has 1 rings (SSSR count). The van der Waals surface area contributed by atoms with E-state index >= 15 is 0 Å². The van der Waals surface area contributed by atoms with Crippen LogP contribution in [-0.4, -0.2) is 41.3 Å². The van der Waals surface area contributed by atoms with Crippen molar-refractivity contribution in [3.63, 3.8) is 0 Å². The van der Waals surface area contributed by atoms with Gasteiger partial charge in [-0.3, -0.25) is 0 Å². The van der Waals surface area contributed by atoms with E-state index < -0.39 is 0 Å². The fourth-order valence-corrected chi connectivity index (χ4v) is 1.47. The number of nitrogens with zero attached hydrogens (tertiary/aromatic N) is 3. The molecule has 2 N–H and O–H groups in total. The summed E-state index contributed by atoms with van der Waals surface area (Å²) in [6.07, 6.45) is 1.67. The van der Waals surface area contributed by atoms with E-state index in [9.17, 15) is 0 Å². The Bertz CT molecular complexity index is 372. The largest absolute Gasteiger partial charge is 0.388 e. The average molecular weight is 254 g/mol. The second-order valence-corrected chi connectivity index (χ2v) is 3.82. The molecule has 1 aromatic heterocycles. The molecule has 0 atom stereocenters. The molecule has 0 radical (unpaired) electrons. The van der Waals surface area contributed by atoms with Gasteiger partial charge < -0.3 is 15.4 Å². The second kappa shape index (κ2) is 7.13. The minimum atomic E-state index is 0.287. The predicted octanol–water partition coefficient (Wildman–Crippen LogP) is 0.974. The number of nitrogens with two attached hydrogens (primary N) is 1. The zero-order valence-electron chi connectivity index (χ0n) is 10.2. The summed E-state index contributed by atoms with van der Waals surface area (Å²) in [6, 6.07) is 1.71. The van der Waals surface area contributed by atoms with Crippen molar-refractivity contribution in [1.82, 2.24) is 9.97 Å². The first-order valence-corrected chi connectivity index (χ1v) is 6.05. The van der Waals surface area contributed by atoms with E-state index in [1.54, 1.807) is 12.3 Å². The van der Waals surface area contributed by atoms with Crippen molar-refractivity contribution in [2.75, 3.05) is 31.2 Å². The first-order valence-electron chi connectivity index (χ1n) is 5.64. The summed E-state index contributed by atoms with van der Waals surface area (Å²) < 4.78 is 5.32. The van der Waals surface area contributed by atoms with Crippen molar-refractivity contribution in [1.29, 1.82) is 0 Å². The van der Waals surface area contributed by atoms with Gasteiger partial charge in [-0.15, -0.1) is 0 Å². The third-order valence-electron chi connectivity index (χ3n) is 2.27. The zero-order valence-corrected chi connectivity index (χ0v) is 11.0. The highest BCUT2D eigenvalue weighted by molar-refractivity contribution is 7.80. The molecule has 0 amide bonds. The number of hydrogen-bond acceptors (Lipinski definition) is 5. The van der Waals surface area contributed by atoms with Gasteiger partial charge in [0.15, 0.2) is 0 Å². The standard InChI is InChI=1S/C11H18N4OS/c1-3-15(7-8-16-4-2)11-13-6-5-9(14-11)10(12)17/h5-6H,3-4,7-8H2,1-2H3,(H2,12,17). The molecule has 0 fully saturated rings. The number of thiocarbonyl (C=S) groups is 1. The predicted molar refractivity (Wildman–Crippen MR) is 72.3 cm³/mol. The molecule has 94 valence electrons. The highest BCUT2D eigenvalue weighted by Crippen LogP contribution is 2.07. The first kappa shape index (κ1) is 13.8. The van der Waals surface area contributed by atoms with E-state index in [-0.39, 0.29) is 4.99 Å². The number of anilines is 1. The number of ether oxygens (including phenoxy) is 1. The van der Waals surface area contributed by atoms with Crippen LogP contribution in [0.1, 0.15) is 19.5 Å². The van der Waals surface area contributed by atoms with E-state index in [2.05, 4.69) is 9.97 Å². The van der Waals surface area contributed by atoms with Crippen molar-refractivity contribution in [2.24, 2.45) is 5.73 Å². The fourth-order valence-electron chi connectivity index (χ4n) is 1.36. The molecule has 17 heavy (non-hydrogen) atoms. The van der Waals surface area contributed by atoms with Gasteiger partial charge in [0.2, 0.25) is 5.95 Å². The third kappa shape index (κ3) is 4.24. The van der Waals surface area contributed by atoms with Crippen LogP contribution < -0.4 is 10.6 Å². The van der Waals surface area contributed by atoms with Gasteiger partial charge in [0, 0.05) is 25.9 Å². The summed E-state index contributed by atoms with van der Waals surface area (Å²) in [5, 5.41) is 0. The van der Waals surface area contributed by atoms with E-state index in [4.69, 9.17) is 22.7 Å². The molecule has 0 aliphatic carbocycles. The van der Waals surface area contributed by atoms with Crippen molar-refractivity contribution in [3.8, 4) is 0 Å². The molecule has 0 aromatic carbocycles. The van der Waals surface area contributed by atoms with E-state index in [0.29, 0.717) is 24.9 Å². The Morgan fingerprint density at radius 2 is 2.29 bits per heavy atom. The van der Waals surface area contributed by atoms with Crippen LogP contribution >= 0.6 is 12.2 Å². The highest BCUT2D eigenvalue weighted by Gasteiger charge is 2.08. The van der Waals surface area contributed by atoms with Crippen molar-refractivity contribution in [2.45, 2.75) is 13.8 Å². The summed E-state index contributed by atoms with van der Waals surface area (Å²) in [5.41, 5.74) is 6.14. The lowest BCUT2D eigenvalue weighted by Crippen LogP contribution is -2.29. The zero-order chi connectivity index (χ0) is 12.7. The first-order chi connectivity index (χ1) is 8.19.